The fraction of sp³-hybridized carbons (Fsp3) is 0.208. The number of carboxylic acids is 1. The van der Waals surface area contributed by atoms with E-state index in [1.54, 1.807) is 48.5 Å². The van der Waals surface area contributed by atoms with Crippen LogP contribution < -0.4 is 10.1 Å². The normalized spacial score (nSPS) is 12.9. The summed E-state index contributed by atoms with van der Waals surface area (Å²) in [6, 6.07) is 20.7. The number of aliphatic hydroxyl groups excluding tert-OH is 1. The van der Waals surface area contributed by atoms with Crippen molar-refractivity contribution in [1.29, 1.82) is 0 Å². The average molecular weight is 407 g/mol. The van der Waals surface area contributed by atoms with E-state index in [-0.39, 0.29) is 17.4 Å². The van der Waals surface area contributed by atoms with Gasteiger partial charge in [0.2, 0.25) is 0 Å². The third-order valence-corrected chi connectivity index (χ3v) is 4.86. The minimum absolute atomic E-state index is 0.170. The van der Waals surface area contributed by atoms with E-state index in [1.165, 1.54) is 0 Å². The molecule has 0 saturated heterocycles. The van der Waals surface area contributed by atoms with Gasteiger partial charge in [-0.1, -0.05) is 36.4 Å². The molecule has 2 atom stereocenters. The Bertz CT molecular complexity index is 952. The Morgan fingerprint density at radius 1 is 0.933 bits per heavy atom. The van der Waals surface area contributed by atoms with E-state index in [1.807, 2.05) is 31.2 Å². The number of carbonyl (C=O) groups is 1. The number of aromatic carboxylic acids is 1. The predicted octanol–water partition coefficient (Wildman–Crippen LogP) is 3.85. The van der Waals surface area contributed by atoms with Gasteiger partial charge in [-0.25, -0.2) is 4.79 Å². The number of aromatic hydroxyl groups is 1. The molecule has 0 amide bonds. The minimum Gasteiger partial charge on any atom is -0.508 e. The lowest BCUT2D eigenvalue weighted by atomic mass is 10.0. The SMILES string of the molecule is C[C@H](NCCOc1ccc(-c2ccc(C(=O)O)cc2)cc1)[C@@H](O)c1ccc(O)cc1. The van der Waals surface area contributed by atoms with Gasteiger partial charge in [0.15, 0.2) is 0 Å². The summed E-state index contributed by atoms with van der Waals surface area (Å²) in [5, 5.41) is 31.9. The maximum absolute atomic E-state index is 10.9. The highest BCUT2D eigenvalue weighted by Gasteiger charge is 2.15. The lowest BCUT2D eigenvalue weighted by Crippen LogP contribution is -2.35. The van der Waals surface area contributed by atoms with Gasteiger partial charge < -0.3 is 25.4 Å². The van der Waals surface area contributed by atoms with E-state index in [0.717, 1.165) is 22.4 Å². The molecule has 0 unspecified atom stereocenters. The number of aliphatic hydroxyl groups is 1. The Labute approximate surface area is 175 Å². The van der Waals surface area contributed by atoms with Crippen LogP contribution in [-0.2, 0) is 0 Å². The molecule has 3 rings (SSSR count). The van der Waals surface area contributed by atoms with Gasteiger partial charge in [-0.15, -0.1) is 0 Å². The van der Waals surface area contributed by atoms with E-state index in [0.29, 0.717) is 13.2 Å². The molecule has 6 nitrogen and oxygen atoms in total. The van der Waals surface area contributed by atoms with Crippen LogP contribution in [0.15, 0.2) is 72.8 Å². The highest BCUT2D eigenvalue weighted by atomic mass is 16.5. The Kier molecular flexibility index (Phi) is 7.06. The van der Waals surface area contributed by atoms with Crippen molar-refractivity contribution in [3.05, 3.63) is 83.9 Å². The third kappa shape index (κ3) is 5.59. The first kappa shape index (κ1) is 21.4. The van der Waals surface area contributed by atoms with Crippen molar-refractivity contribution < 1.29 is 24.9 Å². The number of rotatable bonds is 9. The first-order chi connectivity index (χ1) is 14.4. The molecule has 0 spiro atoms. The van der Waals surface area contributed by atoms with Crippen LogP contribution in [-0.4, -0.2) is 40.5 Å². The van der Waals surface area contributed by atoms with E-state index in [4.69, 9.17) is 9.84 Å². The van der Waals surface area contributed by atoms with Crippen molar-refractivity contribution in [2.75, 3.05) is 13.2 Å². The lowest BCUT2D eigenvalue weighted by Gasteiger charge is -2.21. The van der Waals surface area contributed by atoms with E-state index < -0.39 is 12.1 Å². The van der Waals surface area contributed by atoms with Crippen LogP contribution >= 0.6 is 0 Å². The molecule has 0 saturated carbocycles. The highest BCUT2D eigenvalue weighted by Crippen LogP contribution is 2.23. The summed E-state index contributed by atoms with van der Waals surface area (Å²) in [5.74, 6) is -0.0403. The smallest absolute Gasteiger partial charge is 0.335 e. The van der Waals surface area contributed by atoms with Crippen LogP contribution in [0.2, 0.25) is 0 Å². The summed E-state index contributed by atoms with van der Waals surface area (Å²) >= 11 is 0. The molecule has 0 radical (unpaired) electrons. The molecular formula is C24H25NO5. The van der Waals surface area contributed by atoms with Crippen molar-refractivity contribution in [3.63, 3.8) is 0 Å². The van der Waals surface area contributed by atoms with Gasteiger partial charge in [0.1, 0.15) is 18.1 Å². The van der Waals surface area contributed by atoms with Gasteiger partial charge in [0, 0.05) is 12.6 Å². The van der Waals surface area contributed by atoms with Crippen LogP contribution in [0.5, 0.6) is 11.5 Å². The second-order valence-corrected chi connectivity index (χ2v) is 7.03. The van der Waals surface area contributed by atoms with Crippen LogP contribution in [0, 0.1) is 0 Å². The minimum atomic E-state index is -0.941. The molecule has 6 heteroatoms. The second-order valence-electron chi connectivity index (χ2n) is 7.03. The number of carboxylic acid groups (broad SMARTS) is 1. The zero-order valence-corrected chi connectivity index (χ0v) is 16.7. The first-order valence-electron chi connectivity index (χ1n) is 9.71. The van der Waals surface area contributed by atoms with Gasteiger partial charge in [0.25, 0.3) is 0 Å². The summed E-state index contributed by atoms with van der Waals surface area (Å²) < 4.78 is 5.74. The van der Waals surface area contributed by atoms with E-state index >= 15 is 0 Å². The second kappa shape index (κ2) is 9.91. The van der Waals surface area contributed by atoms with Gasteiger partial charge in [-0.2, -0.15) is 0 Å². The predicted molar refractivity (Wildman–Crippen MR) is 115 cm³/mol. The quantitative estimate of drug-likeness (QED) is 0.402. The van der Waals surface area contributed by atoms with E-state index in [9.17, 15) is 15.0 Å². The molecular weight excluding hydrogens is 382 g/mol. The number of hydrogen-bond donors (Lipinski definition) is 4. The van der Waals surface area contributed by atoms with Crippen LogP contribution in [0.3, 0.4) is 0 Å². The monoisotopic (exact) mass is 407 g/mol. The summed E-state index contributed by atoms with van der Waals surface area (Å²) in [6.07, 6.45) is -0.683. The Balaban J connectivity index is 1.46. The third-order valence-electron chi connectivity index (χ3n) is 4.86. The number of nitrogens with one attached hydrogen (secondary N) is 1. The largest absolute Gasteiger partial charge is 0.508 e. The van der Waals surface area contributed by atoms with Crippen molar-refractivity contribution in [1.82, 2.24) is 5.32 Å². The molecule has 0 aliphatic carbocycles. The van der Waals surface area contributed by atoms with Crippen molar-refractivity contribution in [2.45, 2.75) is 19.1 Å². The molecule has 30 heavy (non-hydrogen) atoms. The number of benzene rings is 3. The summed E-state index contributed by atoms with van der Waals surface area (Å²) in [5.41, 5.74) is 2.91. The fourth-order valence-corrected chi connectivity index (χ4v) is 3.08. The standard InChI is InChI=1S/C24H25NO5/c1-16(23(27)19-6-10-21(26)11-7-19)25-14-15-30-22-12-8-18(9-13-22)17-2-4-20(5-3-17)24(28)29/h2-13,16,23,25-27H,14-15H2,1H3,(H,28,29)/t16-,23+/m0/s1. The molecule has 0 aliphatic heterocycles. The first-order valence-corrected chi connectivity index (χ1v) is 9.71. The Hall–Kier alpha value is -3.35. The molecule has 0 aromatic heterocycles. The van der Waals surface area contributed by atoms with Crippen LogP contribution in [0.1, 0.15) is 28.9 Å². The topological polar surface area (TPSA) is 99.0 Å². The summed E-state index contributed by atoms with van der Waals surface area (Å²) in [7, 11) is 0. The average Bonchev–Trinajstić information content (AvgIpc) is 2.77. The summed E-state index contributed by atoms with van der Waals surface area (Å²) in [6.45, 7) is 2.90. The zero-order valence-electron chi connectivity index (χ0n) is 16.7. The van der Waals surface area contributed by atoms with Crippen molar-refractivity contribution >= 4 is 5.97 Å². The Morgan fingerprint density at radius 2 is 1.50 bits per heavy atom. The Morgan fingerprint density at radius 3 is 2.07 bits per heavy atom. The molecule has 3 aromatic rings. The summed E-state index contributed by atoms with van der Waals surface area (Å²) in [4.78, 5) is 10.9. The van der Waals surface area contributed by atoms with E-state index in [2.05, 4.69) is 5.32 Å². The van der Waals surface area contributed by atoms with Crippen molar-refractivity contribution in [3.8, 4) is 22.6 Å². The maximum Gasteiger partial charge on any atom is 0.335 e. The molecule has 0 bridgehead atoms. The molecule has 156 valence electrons. The highest BCUT2D eigenvalue weighted by molar-refractivity contribution is 5.88. The number of phenols is 1. The van der Waals surface area contributed by atoms with Gasteiger partial charge in [0.05, 0.1) is 11.7 Å². The van der Waals surface area contributed by atoms with Gasteiger partial charge in [-0.05, 0) is 60.0 Å². The lowest BCUT2D eigenvalue weighted by molar-refractivity contribution is 0.0697. The zero-order chi connectivity index (χ0) is 21.5. The molecule has 0 fully saturated rings. The molecule has 0 aliphatic rings. The van der Waals surface area contributed by atoms with Gasteiger partial charge >= 0.3 is 5.97 Å². The van der Waals surface area contributed by atoms with Crippen LogP contribution in [0.4, 0.5) is 0 Å². The molecule has 0 heterocycles. The number of phenolic OH excluding ortho intramolecular Hbond substituents is 1. The molecule has 3 aromatic carbocycles. The maximum atomic E-state index is 10.9. The fourth-order valence-electron chi connectivity index (χ4n) is 3.08. The van der Waals surface area contributed by atoms with Crippen molar-refractivity contribution in [2.24, 2.45) is 0 Å². The van der Waals surface area contributed by atoms with Gasteiger partial charge in [-0.3, -0.25) is 0 Å². The number of ether oxygens (including phenoxy) is 1. The van der Waals surface area contributed by atoms with Crippen LogP contribution in [0.25, 0.3) is 11.1 Å². The number of hydrogen-bond acceptors (Lipinski definition) is 5. The molecule has 4 N–H and O–H groups in total.